The van der Waals surface area contributed by atoms with Crippen LogP contribution in [0.3, 0.4) is 0 Å². The minimum Gasteiger partial charge on any atom is -0.394 e. The first-order valence-corrected chi connectivity index (χ1v) is 5.73. The van der Waals surface area contributed by atoms with E-state index < -0.39 is 0 Å². The number of aliphatic hydroxyl groups is 1. The molecule has 94 valence electrons. The van der Waals surface area contributed by atoms with E-state index >= 15 is 0 Å². The molecule has 7 nitrogen and oxygen atoms in total. The minimum absolute atomic E-state index is 0.101. The van der Waals surface area contributed by atoms with E-state index in [1.165, 1.54) is 0 Å². The van der Waals surface area contributed by atoms with Gasteiger partial charge in [-0.2, -0.15) is 9.97 Å². The van der Waals surface area contributed by atoms with Gasteiger partial charge in [0.25, 0.3) is 0 Å². The fourth-order valence-corrected chi connectivity index (χ4v) is 2.17. The molecule has 1 aliphatic heterocycles. The first-order chi connectivity index (χ1) is 8.24. The number of nitrogens with two attached hydrogens (primary N) is 2. The fraction of sp³-hybridized carbons (Fsp3) is 0.600. The lowest BCUT2D eigenvalue weighted by molar-refractivity contribution is 0.239. The number of hydrazine groups is 1. The number of aliphatic hydroxyl groups excluding tert-OH is 1. The highest BCUT2D eigenvalue weighted by molar-refractivity contribution is 5.52. The van der Waals surface area contributed by atoms with Crippen LogP contribution in [-0.2, 0) is 0 Å². The summed E-state index contributed by atoms with van der Waals surface area (Å²) in [6.45, 7) is 0.987. The smallest absolute Gasteiger partial charge is 0.223 e. The van der Waals surface area contributed by atoms with Gasteiger partial charge in [-0.05, 0) is 19.3 Å². The molecule has 0 aliphatic carbocycles. The summed E-state index contributed by atoms with van der Waals surface area (Å²) in [5, 5.41) is 9.36. The van der Waals surface area contributed by atoms with Crippen LogP contribution < -0.4 is 21.9 Å². The number of piperidine rings is 1. The zero-order valence-electron chi connectivity index (χ0n) is 9.63. The molecule has 0 amide bonds. The van der Waals surface area contributed by atoms with Crippen molar-refractivity contribution in [1.29, 1.82) is 0 Å². The number of hydrogen-bond acceptors (Lipinski definition) is 7. The van der Waals surface area contributed by atoms with E-state index in [-0.39, 0.29) is 18.6 Å². The molecule has 2 rings (SSSR count). The second kappa shape index (κ2) is 5.15. The third kappa shape index (κ3) is 2.56. The van der Waals surface area contributed by atoms with Crippen LogP contribution in [0.15, 0.2) is 6.07 Å². The summed E-state index contributed by atoms with van der Waals surface area (Å²) in [5.41, 5.74) is 8.08. The number of nitrogens with one attached hydrogen (secondary N) is 1. The summed E-state index contributed by atoms with van der Waals surface area (Å²) in [4.78, 5) is 10.2. The second-order valence-corrected chi connectivity index (χ2v) is 4.14. The molecular weight excluding hydrogens is 220 g/mol. The van der Waals surface area contributed by atoms with Crippen molar-refractivity contribution in [2.75, 3.05) is 29.2 Å². The Morgan fingerprint density at radius 2 is 2.29 bits per heavy atom. The zero-order chi connectivity index (χ0) is 12.3. The monoisotopic (exact) mass is 238 g/mol. The fourth-order valence-electron chi connectivity index (χ4n) is 2.17. The second-order valence-electron chi connectivity index (χ2n) is 4.14. The Bertz CT molecular complexity index is 385. The molecule has 0 bridgehead atoms. The summed E-state index contributed by atoms with van der Waals surface area (Å²) in [6.07, 6.45) is 3.18. The van der Waals surface area contributed by atoms with Gasteiger partial charge in [-0.15, -0.1) is 0 Å². The molecular formula is C10H18N6O. The Morgan fingerprint density at radius 1 is 1.47 bits per heavy atom. The Labute approximate surface area is 99.8 Å². The third-order valence-corrected chi connectivity index (χ3v) is 3.01. The number of nitrogens with zero attached hydrogens (tertiary/aromatic N) is 3. The standard InChI is InChI=1S/C10H18N6O/c11-10-13-8(15-12)5-9(14-10)16-4-2-1-3-7(16)6-17/h5,7,17H,1-4,6,12H2,(H3,11,13,14,15). The SMILES string of the molecule is NNc1cc(N2CCCCC2CO)nc(N)n1. The molecule has 6 N–H and O–H groups in total. The Balaban J connectivity index is 2.27. The van der Waals surface area contributed by atoms with Gasteiger partial charge in [0.15, 0.2) is 0 Å². The Morgan fingerprint density at radius 3 is 3.00 bits per heavy atom. The quantitative estimate of drug-likeness (QED) is 0.422. The summed E-state index contributed by atoms with van der Waals surface area (Å²) < 4.78 is 0. The largest absolute Gasteiger partial charge is 0.394 e. The van der Waals surface area contributed by atoms with Crippen LogP contribution in [0.25, 0.3) is 0 Å². The molecule has 1 aromatic heterocycles. The molecule has 0 radical (unpaired) electrons. The topological polar surface area (TPSA) is 113 Å². The van der Waals surface area contributed by atoms with Crippen LogP contribution >= 0.6 is 0 Å². The van der Waals surface area contributed by atoms with Gasteiger partial charge in [0, 0.05) is 12.6 Å². The van der Waals surface area contributed by atoms with Gasteiger partial charge in [-0.3, -0.25) is 0 Å². The average Bonchev–Trinajstić information content (AvgIpc) is 2.37. The summed E-state index contributed by atoms with van der Waals surface area (Å²) in [7, 11) is 0. The van der Waals surface area contributed by atoms with Crippen LogP contribution in [0.1, 0.15) is 19.3 Å². The van der Waals surface area contributed by atoms with Crippen molar-refractivity contribution in [3.63, 3.8) is 0 Å². The molecule has 1 aliphatic rings. The zero-order valence-corrected chi connectivity index (χ0v) is 9.63. The number of rotatable bonds is 3. The van der Waals surface area contributed by atoms with Crippen LogP contribution in [0.5, 0.6) is 0 Å². The predicted octanol–water partition coefficient (Wildman–Crippen LogP) is -0.304. The first kappa shape index (κ1) is 11.9. The molecule has 0 saturated carbocycles. The van der Waals surface area contributed by atoms with E-state index in [9.17, 15) is 5.11 Å². The first-order valence-electron chi connectivity index (χ1n) is 5.73. The van der Waals surface area contributed by atoms with Crippen molar-refractivity contribution in [3.05, 3.63) is 6.07 Å². The molecule has 1 fully saturated rings. The van der Waals surface area contributed by atoms with Gasteiger partial charge >= 0.3 is 0 Å². The van der Waals surface area contributed by atoms with E-state index in [1.807, 2.05) is 0 Å². The van der Waals surface area contributed by atoms with Crippen molar-refractivity contribution >= 4 is 17.6 Å². The van der Waals surface area contributed by atoms with Crippen molar-refractivity contribution in [2.45, 2.75) is 25.3 Å². The van der Waals surface area contributed by atoms with Crippen LogP contribution in [0.4, 0.5) is 17.6 Å². The highest BCUT2D eigenvalue weighted by Crippen LogP contribution is 2.24. The van der Waals surface area contributed by atoms with Gasteiger partial charge in [-0.1, -0.05) is 0 Å². The maximum atomic E-state index is 9.36. The number of hydrogen-bond donors (Lipinski definition) is 4. The molecule has 0 spiro atoms. The normalized spacial score (nSPS) is 20.4. The van der Waals surface area contributed by atoms with Gasteiger partial charge in [0.05, 0.1) is 12.6 Å². The molecule has 2 heterocycles. The third-order valence-electron chi connectivity index (χ3n) is 3.01. The summed E-state index contributed by atoms with van der Waals surface area (Å²) in [6, 6.07) is 1.84. The Kier molecular flexibility index (Phi) is 3.60. The molecule has 17 heavy (non-hydrogen) atoms. The lowest BCUT2D eigenvalue weighted by Gasteiger charge is -2.35. The van der Waals surface area contributed by atoms with E-state index in [1.54, 1.807) is 6.07 Å². The van der Waals surface area contributed by atoms with E-state index in [0.29, 0.717) is 11.6 Å². The van der Waals surface area contributed by atoms with Crippen LogP contribution in [0, 0.1) is 0 Å². The van der Waals surface area contributed by atoms with E-state index in [4.69, 9.17) is 11.6 Å². The lowest BCUT2D eigenvalue weighted by Crippen LogP contribution is -2.42. The van der Waals surface area contributed by atoms with Crippen molar-refractivity contribution in [1.82, 2.24) is 9.97 Å². The number of aromatic nitrogens is 2. The van der Waals surface area contributed by atoms with Crippen molar-refractivity contribution in [3.8, 4) is 0 Å². The van der Waals surface area contributed by atoms with Gasteiger partial charge in [0.2, 0.25) is 5.95 Å². The lowest BCUT2D eigenvalue weighted by atomic mass is 10.0. The van der Waals surface area contributed by atoms with Gasteiger partial charge in [0.1, 0.15) is 11.6 Å². The van der Waals surface area contributed by atoms with E-state index in [0.717, 1.165) is 25.8 Å². The summed E-state index contributed by atoms with van der Waals surface area (Å²) in [5.74, 6) is 6.69. The van der Waals surface area contributed by atoms with Crippen LogP contribution in [0.2, 0.25) is 0 Å². The Hall–Kier alpha value is -1.60. The highest BCUT2D eigenvalue weighted by atomic mass is 16.3. The van der Waals surface area contributed by atoms with Crippen molar-refractivity contribution < 1.29 is 5.11 Å². The highest BCUT2D eigenvalue weighted by Gasteiger charge is 2.23. The van der Waals surface area contributed by atoms with E-state index in [2.05, 4.69) is 20.3 Å². The van der Waals surface area contributed by atoms with Crippen molar-refractivity contribution in [2.24, 2.45) is 5.84 Å². The number of nitrogen functional groups attached to an aromatic ring is 2. The molecule has 1 aromatic rings. The van der Waals surface area contributed by atoms with Crippen LogP contribution in [-0.4, -0.2) is 34.3 Å². The van der Waals surface area contributed by atoms with Gasteiger partial charge < -0.3 is 21.2 Å². The number of anilines is 3. The predicted molar refractivity (Wildman–Crippen MR) is 66.3 cm³/mol. The summed E-state index contributed by atoms with van der Waals surface area (Å²) >= 11 is 0. The maximum absolute atomic E-state index is 9.36. The molecule has 0 aromatic carbocycles. The molecule has 1 unspecified atom stereocenters. The average molecular weight is 238 g/mol. The maximum Gasteiger partial charge on any atom is 0.223 e. The molecule has 7 heteroatoms. The van der Waals surface area contributed by atoms with Gasteiger partial charge in [-0.25, -0.2) is 5.84 Å². The minimum atomic E-state index is 0.101. The molecule has 1 atom stereocenters. The molecule has 1 saturated heterocycles.